The minimum Gasteiger partial charge on any atom is -0.505 e. The third-order valence-corrected chi connectivity index (χ3v) is 27.3. The normalized spacial score (nSPS) is 13.4. The predicted molar refractivity (Wildman–Crippen MR) is 524 cm³/mol. The second-order valence-electron chi connectivity index (χ2n) is 32.0. The third-order valence-electron chi connectivity index (χ3n) is 23.0. The lowest BCUT2D eigenvalue weighted by atomic mass is 10.0. The minimum absolute atomic E-state index is 0.0250. The number of carbonyl (C=O) groups excluding carboxylic acids is 3. The number of benzene rings is 3. The molecule has 3 N–H and O–H groups in total. The number of rotatable bonds is 15. The number of fused-ring (bicyclic) bond motifs is 3. The zero-order valence-corrected chi connectivity index (χ0v) is 81.8. The molecule has 27 nitrogen and oxygen atoms in total. The Kier molecular flexibility index (Phi) is 30.4. The van der Waals surface area contributed by atoms with Gasteiger partial charge in [-0.1, -0.05) is 200 Å². The molecule has 3 aliphatic rings. The van der Waals surface area contributed by atoms with Crippen molar-refractivity contribution in [1.82, 2.24) is 58.3 Å². The number of phenols is 3. The summed E-state index contributed by atoms with van der Waals surface area (Å²) < 4.78 is 50.1. The van der Waals surface area contributed by atoms with Gasteiger partial charge in [0.15, 0.2) is 34.7 Å². The van der Waals surface area contributed by atoms with Crippen LogP contribution in [0.4, 0.5) is 30.2 Å². The molecule has 9 aromatic heterocycles. The summed E-state index contributed by atoms with van der Waals surface area (Å²) in [5.74, 6) is -6.53. The van der Waals surface area contributed by atoms with Crippen LogP contribution in [0.5, 0.6) is 17.2 Å². The highest BCUT2D eigenvalue weighted by Gasteiger charge is 2.38. The highest BCUT2D eigenvalue weighted by molar-refractivity contribution is 6.48. The Morgan fingerprint density at radius 2 is 0.630 bits per heavy atom. The van der Waals surface area contributed by atoms with Crippen molar-refractivity contribution in [3.05, 3.63) is 252 Å². The number of phenolic OH excluding ortho intramolecular Hbond substituents is 3. The number of hydrogen-bond acceptors (Lipinski definition) is 21. The highest BCUT2D eigenvalue weighted by Crippen LogP contribution is 2.53. The number of aromatic hydroxyl groups is 3. The molecule has 135 heavy (non-hydrogen) atoms. The van der Waals surface area contributed by atoms with Crippen LogP contribution in [0.2, 0.25) is 60.3 Å². The molecule has 696 valence electrons. The van der Waals surface area contributed by atoms with Gasteiger partial charge in [-0.3, -0.25) is 57.4 Å². The Morgan fingerprint density at radius 3 is 0.881 bits per heavy atom. The number of nitrogens with zero attached hydrogens (tertiary/aromatic N) is 18. The maximum absolute atomic E-state index is 15.6. The topological polar surface area (TPSA) is 346 Å². The average Bonchev–Trinajstić information content (AvgIpc) is 0.728. The molecule has 3 amide bonds. The van der Waals surface area contributed by atoms with Crippen molar-refractivity contribution < 1.29 is 42.9 Å². The van der Waals surface area contributed by atoms with Crippen molar-refractivity contribution in [3.63, 3.8) is 0 Å². The molecule has 0 bridgehead atoms. The summed E-state index contributed by atoms with van der Waals surface area (Å²) in [6.45, 7) is 31.1. The summed E-state index contributed by atoms with van der Waals surface area (Å²) in [7, 11) is 0. The molecule has 0 saturated carbocycles. The monoisotopic (exact) mass is 2060 g/mol. The summed E-state index contributed by atoms with van der Waals surface area (Å²) >= 11 is 75.8. The Balaban J connectivity index is 0.000000171. The highest BCUT2D eigenvalue weighted by atomic mass is 35.5. The van der Waals surface area contributed by atoms with E-state index in [2.05, 4.69) is 52.9 Å². The molecule has 3 aliphatic heterocycles. The Labute approximate surface area is 829 Å². The molecular formula is C93H75Cl12F3N18O9. The largest absolute Gasteiger partial charge is 0.505 e. The van der Waals surface area contributed by atoms with E-state index < -0.39 is 108 Å². The zero-order valence-electron chi connectivity index (χ0n) is 72.8. The van der Waals surface area contributed by atoms with Crippen LogP contribution in [0.15, 0.2) is 107 Å². The number of pyridine rings is 9. The SMILES string of the molecule is C=CC(=O)N1CCN(c2c(C#N)c(=O)n(-c3c(C)ccnc3C(C)C)c3nc(-c4c(Cl)c(O)c(Cl)c(F)c4Cl)c(Cl)cc23)CC1.C=CC(=O)N1CCN(c2c(C#N)c(=O)n(-c3c(C)ccnc3C(C)C)c3nc(-c4c(F)c(Cl)c(Cl)c(O)c4Cl)c(Cl)cc23)CC1.C=CC(=O)N1CCN(c2c(C#N)c(=O)n(-c3c(C)ccnc3C(C)C)c3nc(-c4c(F)c(Cl)c(Cl)c(O)c4Cl)c(Cl)cc23)CC1. The van der Waals surface area contributed by atoms with Crippen LogP contribution < -0.4 is 31.4 Å². The van der Waals surface area contributed by atoms with Gasteiger partial charge in [-0.15, -0.1) is 0 Å². The molecule has 3 saturated heterocycles. The molecule has 0 unspecified atom stereocenters. The fourth-order valence-corrected chi connectivity index (χ4v) is 19.4. The van der Waals surface area contributed by atoms with Crippen LogP contribution >= 0.6 is 139 Å². The fourth-order valence-electron chi connectivity index (χ4n) is 16.4. The van der Waals surface area contributed by atoms with Crippen LogP contribution in [0.3, 0.4) is 0 Å². The quantitative estimate of drug-likeness (QED) is 0.0487. The van der Waals surface area contributed by atoms with E-state index in [4.69, 9.17) is 154 Å². The van der Waals surface area contributed by atoms with E-state index in [9.17, 15) is 64.3 Å². The first-order valence-electron chi connectivity index (χ1n) is 41.1. The number of amides is 3. The maximum atomic E-state index is 15.6. The van der Waals surface area contributed by atoms with Crippen molar-refractivity contribution in [3.8, 4) is 86.3 Å². The molecule has 42 heteroatoms. The molecule has 3 fully saturated rings. The minimum atomic E-state index is -1.14. The van der Waals surface area contributed by atoms with Crippen LogP contribution in [0, 0.1) is 72.2 Å². The van der Waals surface area contributed by atoms with E-state index in [1.54, 1.807) is 72.3 Å². The van der Waals surface area contributed by atoms with Crippen molar-refractivity contribution in [2.24, 2.45) is 0 Å². The number of aryl methyl sites for hydroxylation is 3. The van der Waals surface area contributed by atoms with Crippen molar-refractivity contribution >= 4 is 207 Å². The van der Waals surface area contributed by atoms with Gasteiger partial charge in [-0.2, -0.15) is 15.8 Å². The number of halogens is 15. The number of carbonyl (C=O) groups is 3. The lowest BCUT2D eigenvalue weighted by Gasteiger charge is -2.36. The first-order valence-corrected chi connectivity index (χ1v) is 45.6. The van der Waals surface area contributed by atoms with E-state index in [0.717, 1.165) is 0 Å². The van der Waals surface area contributed by atoms with Crippen LogP contribution in [-0.2, 0) is 14.4 Å². The Morgan fingerprint density at radius 1 is 0.378 bits per heavy atom. The molecule has 0 spiro atoms. The van der Waals surface area contributed by atoms with E-state index in [1.807, 2.05) is 56.2 Å². The molecule has 12 heterocycles. The number of nitriles is 3. The van der Waals surface area contributed by atoms with Gasteiger partial charge in [0.05, 0.1) is 125 Å². The summed E-state index contributed by atoms with van der Waals surface area (Å²) in [5.41, 5.74) is 1.56. The predicted octanol–water partition coefficient (Wildman–Crippen LogP) is 21.1. The summed E-state index contributed by atoms with van der Waals surface area (Å²) in [6, 6.07) is 15.8. The summed E-state index contributed by atoms with van der Waals surface area (Å²) in [5, 5.41) is 58.6. The van der Waals surface area contributed by atoms with Gasteiger partial charge in [0, 0.05) is 119 Å². The van der Waals surface area contributed by atoms with Gasteiger partial charge < -0.3 is 44.7 Å². The second-order valence-corrected chi connectivity index (χ2v) is 36.7. The van der Waals surface area contributed by atoms with Crippen molar-refractivity contribution in [2.75, 3.05) is 93.2 Å². The number of anilines is 3. The van der Waals surface area contributed by atoms with Crippen molar-refractivity contribution in [2.45, 2.75) is 80.1 Å². The van der Waals surface area contributed by atoms with Gasteiger partial charge in [0.2, 0.25) is 17.7 Å². The lowest BCUT2D eigenvalue weighted by molar-refractivity contribution is -0.127. The van der Waals surface area contributed by atoms with Crippen LogP contribution in [0.1, 0.15) is 110 Å². The smallest absolute Gasteiger partial charge is 0.276 e. The van der Waals surface area contributed by atoms with E-state index in [0.29, 0.717) is 119 Å². The number of piperazine rings is 3. The van der Waals surface area contributed by atoms with Gasteiger partial charge in [-0.25, -0.2) is 28.1 Å². The van der Waals surface area contributed by atoms with Gasteiger partial charge in [0.25, 0.3) is 16.7 Å². The Hall–Kier alpha value is -11.6. The van der Waals surface area contributed by atoms with Crippen molar-refractivity contribution in [1.29, 1.82) is 15.8 Å². The van der Waals surface area contributed by atoms with E-state index >= 15 is 8.78 Å². The molecule has 15 rings (SSSR count). The van der Waals surface area contributed by atoms with Gasteiger partial charge >= 0.3 is 0 Å². The summed E-state index contributed by atoms with van der Waals surface area (Å²) in [4.78, 5) is 118. The van der Waals surface area contributed by atoms with Gasteiger partial charge in [0.1, 0.15) is 66.9 Å². The molecule has 0 atom stereocenters. The molecule has 12 aromatic rings. The van der Waals surface area contributed by atoms with E-state index in [-0.39, 0.29) is 150 Å². The lowest BCUT2D eigenvalue weighted by Crippen LogP contribution is -2.49. The molecule has 0 aliphatic carbocycles. The average molecular weight is 2070 g/mol. The Bertz CT molecular complexity index is 6650. The second kappa shape index (κ2) is 40.7. The van der Waals surface area contributed by atoms with Crippen LogP contribution in [-0.4, -0.2) is 170 Å². The summed E-state index contributed by atoms with van der Waals surface area (Å²) in [6.07, 6.45) is 8.55. The molecule has 0 radical (unpaired) electrons. The first kappa shape index (κ1) is 101. The van der Waals surface area contributed by atoms with Crippen LogP contribution in [0.25, 0.3) is 83.9 Å². The molecular weight excluding hydrogens is 2000 g/mol. The van der Waals surface area contributed by atoms with E-state index in [1.165, 1.54) is 50.1 Å². The zero-order chi connectivity index (χ0) is 98.7. The fraction of sp³-hybridized carbons (Fsp3) is 0.258. The molecule has 3 aromatic carbocycles. The number of hydrogen-bond donors (Lipinski definition) is 3. The third kappa shape index (κ3) is 18.2. The standard InChI is InChI=1S/3C31H25Cl4FN6O3/c2*1-5-19(43)40-8-10-41(11-9-40)28-16-12-18(32)26(20-21(33)29(44)23(35)22(34)24(20)36)39-30(16)42(31(45)17(28)13-37)27-15(4)6-7-38-25(27)14(2)3;1-5-19(43)40-8-10-41(11-9-40)28-16-12-18(32)26(20-21(33)24(36)23(35)29(44)22(20)34)39-30(16)42(31(45)17(28)13-37)27-15(4)6-7-38-25(27)14(2)3/h3*5-7,12,14,44H,1,8-11H2,2-4H3. The van der Waals surface area contributed by atoms with Gasteiger partial charge in [-0.05, 0) is 110 Å². The first-order chi connectivity index (χ1) is 64.0. The maximum Gasteiger partial charge on any atom is 0.276 e. The number of aromatic nitrogens is 9.